The number of ether oxygens (including phenoxy) is 2. The molecular weight excluding hydrogens is 346 g/mol. The molecule has 0 unspecified atom stereocenters. The van der Waals surface area contributed by atoms with Crippen molar-refractivity contribution >= 4 is 11.8 Å². The van der Waals surface area contributed by atoms with E-state index in [1.54, 1.807) is 60.7 Å². The second kappa shape index (κ2) is 8.07. The highest BCUT2D eigenvalue weighted by atomic mass is 16.5. The Morgan fingerprint density at radius 3 is 1.96 bits per heavy atom. The highest BCUT2D eigenvalue weighted by Gasteiger charge is 2.27. The number of methoxy groups -OCH3 is 2. The fraction of sp³-hybridized carbons (Fsp3) is 0.350. The van der Waals surface area contributed by atoms with Crippen LogP contribution in [0, 0.1) is 6.92 Å². The van der Waals surface area contributed by atoms with Crippen LogP contribution in [0.2, 0.25) is 0 Å². The average Bonchev–Trinajstić information content (AvgIpc) is 2.73. The summed E-state index contributed by atoms with van der Waals surface area (Å²) >= 11 is 0. The maximum atomic E-state index is 13.0. The summed E-state index contributed by atoms with van der Waals surface area (Å²) in [7, 11) is 3.11. The molecule has 7 heteroatoms. The topological polar surface area (TPSA) is 72.0 Å². The number of carbonyl (C=O) groups excluding carboxylic acids is 2. The normalized spacial score (nSPS) is 14.0. The van der Waals surface area contributed by atoms with E-state index in [0.29, 0.717) is 48.8 Å². The van der Waals surface area contributed by atoms with Crippen LogP contribution in [0.5, 0.6) is 11.5 Å². The second-order valence-corrected chi connectivity index (χ2v) is 6.34. The summed E-state index contributed by atoms with van der Waals surface area (Å²) in [5.41, 5.74) is 2.02. The van der Waals surface area contributed by atoms with Crippen LogP contribution in [-0.4, -0.2) is 67.0 Å². The molecule has 3 rings (SSSR count). The number of aryl methyl sites for hydroxylation is 1. The van der Waals surface area contributed by atoms with Crippen molar-refractivity contribution in [2.24, 2.45) is 0 Å². The zero-order valence-corrected chi connectivity index (χ0v) is 15.8. The van der Waals surface area contributed by atoms with Gasteiger partial charge in [0, 0.05) is 49.7 Å². The molecule has 27 heavy (non-hydrogen) atoms. The highest BCUT2D eigenvalue weighted by molar-refractivity contribution is 5.97. The molecule has 2 aromatic rings. The Balaban J connectivity index is 1.69. The van der Waals surface area contributed by atoms with Gasteiger partial charge in [0.15, 0.2) is 11.5 Å². The maximum absolute atomic E-state index is 13.0. The molecule has 0 aliphatic carbocycles. The smallest absolute Gasteiger partial charge is 0.254 e. The standard InChI is InChI=1S/C20H23N3O4/c1-14-12-17(26-2)18(27-3)13-16(14)20(25)23-10-8-22(9-11-23)19(24)15-4-6-21-7-5-15/h4-7,12-13H,8-11H2,1-3H3. The quantitative estimate of drug-likeness (QED) is 0.824. The molecule has 0 N–H and O–H groups in total. The van der Waals surface area contributed by atoms with Crippen molar-refractivity contribution in [2.75, 3.05) is 40.4 Å². The first kappa shape index (κ1) is 18.7. The maximum Gasteiger partial charge on any atom is 0.254 e. The van der Waals surface area contributed by atoms with Crippen LogP contribution >= 0.6 is 0 Å². The van der Waals surface area contributed by atoms with Gasteiger partial charge in [-0.3, -0.25) is 14.6 Å². The number of pyridine rings is 1. The van der Waals surface area contributed by atoms with Crippen molar-refractivity contribution < 1.29 is 19.1 Å². The summed E-state index contributed by atoms with van der Waals surface area (Å²) in [6, 6.07) is 6.92. The summed E-state index contributed by atoms with van der Waals surface area (Å²) in [5.74, 6) is 1.02. The SMILES string of the molecule is COc1cc(C)c(C(=O)N2CCN(C(=O)c3ccncc3)CC2)cc1OC. The first-order chi connectivity index (χ1) is 13.0. The van der Waals surface area contributed by atoms with Crippen LogP contribution in [0.25, 0.3) is 0 Å². The van der Waals surface area contributed by atoms with E-state index in [0.717, 1.165) is 5.56 Å². The summed E-state index contributed by atoms with van der Waals surface area (Å²) in [6.07, 6.45) is 3.21. The van der Waals surface area contributed by atoms with Gasteiger partial charge in [-0.1, -0.05) is 0 Å². The first-order valence-electron chi connectivity index (χ1n) is 8.76. The summed E-state index contributed by atoms with van der Waals surface area (Å²) in [5, 5.41) is 0. The van der Waals surface area contributed by atoms with Crippen molar-refractivity contribution in [2.45, 2.75) is 6.92 Å². The lowest BCUT2D eigenvalue weighted by Gasteiger charge is -2.35. The third kappa shape index (κ3) is 3.86. The Labute approximate surface area is 158 Å². The number of amides is 2. The van der Waals surface area contributed by atoms with Crippen LogP contribution < -0.4 is 9.47 Å². The molecular formula is C20H23N3O4. The molecule has 0 atom stereocenters. The van der Waals surface area contributed by atoms with E-state index in [1.165, 1.54) is 0 Å². The Morgan fingerprint density at radius 2 is 1.41 bits per heavy atom. The third-order valence-electron chi connectivity index (χ3n) is 4.74. The molecule has 142 valence electrons. The Hall–Kier alpha value is -3.09. The number of carbonyl (C=O) groups is 2. The zero-order valence-electron chi connectivity index (χ0n) is 15.8. The van der Waals surface area contributed by atoms with E-state index in [1.807, 2.05) is 6.92 Å². The van der Waals surface area contributed by atoms with E-state index in [-0.39, 0.29) is 11.8 Å². The molecule has 0 bridgehead atoms. The number of hydrogen-bond acceptors (Lipinski definition) is 5. The monoisotopic (exact) mass is 369 g/mol. The van der Waals surface area contributed by atoms with Crippen LogP contribution in [0.15, 0.2) is 36.7 Å². The molecule has 1 aromatic carbocycles. The first-order valence-corrected chi connectivity index (χ1v) is 8.76. The predicted octanol–water partition coefficient (Wildman–Crippen LogP) is 2.01. The number of piperazine rings is 1. The fourth-order valence-electron chi connectivity index (χ4n) is 3.17. The molecule has 1 aliphatic rings. The summed E-state index contributed by atoms with van der Waals surface area (Å²) < 4.78 is 10.6. The van der Waals surface area contributed by atoms with E-state index in [4.69, 9.17) is 9.47 Å². The number of aromatic nitrogens is 1. The summed E-state index contributed by atoms with van der Waals surface area (Å²) in [6.45, 7) is 3.85. The molecule has 2 heterocycles. The van der Waals surface area contributed by atoms with E-state index >= 15 is 0 Å². The van der Waals surface area contributed by atoms with Crippen molar-refractivity contribution in [3.05, 3.63) is 53.3 Å². The van der Waals surface area contributed by atoms with Gasteiger partial charge in [-0.05, 0) is 36.8 Å². The van der Waals surface area contributed by atoms with Crippen molar-refractivity contribution in [3.63, 3.8) is 0 Å². The van der Waals surface area contributed by atoms with Gasteiger partial charge in [0.2, 0.25) is 0 Å². The van der Waals surface area contributed by atoms with Crippen molar-refractivity contribution in [3.8, 4) is 11.5 Å². The van der Waals surface area contributed by atoms with E-state index < -0.39 is 0 Å². The largest absolute Gasteiger partial charge is 0.493 e. The Bertz CT molecular complexity index is 831. The number of rotatable bonds is 4. The molecule has 7 nitrogen and oxygen atoms in total. The summed E-state index contributed by atoms with van der Waals surface area (Å²) in [4.78, 5) is 32.9. The lowest BCUT2D eigenvalue weighted by Crippen LogP contribution is -2.50. The van der Waals surface area contributed by atoms with Crippen molar-refractivity contribution in [1.82, 2.24) is 14.8 Å². The van der Waals surface area contributed by atoms with Gasteiger partial charge in [0.1, 0.15) is 0 Å². The molecule has 0 spiro atoms. The lowest BCUT2D eigenvalue weighted by molar-refractivity contribution is 0.0535. The minimum atomic E-state index is -0.0653. The Kier molecular flexibility index (Phi) is 5.59. The van der Waals surface area contributed by atoms with Gasteiger partial charge in [-0.15, -0.1) is 0 Å². The molecule has 1 aliphatic heterocycles. The van der Waals surface area contributed by atoms with Crippen LogP contribution in [-0.2, 0) is 0 Å². The number of nitrogens with zero attached hydrogens (tertiary/aromatic N) is 3. The van der Waals surface area contributed by atoms with Gasteiger partial charge >= 0.3 is 0 Å². The Morgan fingerprint density at radius 1 is 0.889 bits per heavy atom. The van der Waals surface area contributed by atoms with E-state index in [2.05, 4.69) is 4.98 Å². The average molecular weight is 369 g/mol. The van der Waals surface area contributed by atoms with Gasteiger partial charge in [0.05, 0.1) is 14.2 Å². The van der Waals surface area contributed by atoms with Crippen LogP contribution in [0.4, 0.5) is 0 Å². The zero-order chi connectivity index (χ0) is 19.4. The highest BCUT2D eigenvalue weighted by Crippen LogP contribution is 2.31. The van der Waals surface area contributed by atoms with Gasteiger partial charge in [-0.2, -0.15) is 0 Å². The minimum Gasteiger partial charge on any atom is -0.493 e. The predicted molar refractivity (Wildman–Crippen MR) is 100 cm³/mol. The molecule has 0 radical (unpaired) electrons. The van der Waals surface area contributed by atoms with Crippen LogP contribution in [0.1, 0.15) is 26.3 Å². The van der Waals surface area contributed by atoms with E-state index in [9.17, 15) is 9.59 Å². The lowest BCUT2D eigenvalue weighted by atomic mass is 10.1. The van der Waals surface area contributed by atoms with Gasteiger partial charge in [0.25, 0.3) is 11.8 Å². The number of benzene rings is 1. The second-order valence-electron chi connectivity index (χ2n) is 6.34. The van der Waals surface area contributed by atoms with Crippen molar-refractivity contribution in [1.29, 1.82) is 0 Å². The molecule has 1 saturated heterocycles. The molecule has 2 amide bonds. The van der Waals surface area contributed by atoms with Crippen LogP contribution in [0.3, 0.4) is 0 Å². The van der Waals surface area contributed by atoms with Gasteiger partial charge < -0.3 is 19.3 Å². The number of hydrogen-bond donors (Lipinski definition) is 0. The minimum absolute atomic E-state index is 0.0354. The molecule has 1 aromatic heterocycles. The van der Waals surface area contributed by atoms with Gasteiger partial charge in [-0.25, -0.2) is 0 Å². The molecule has 1 fully saturated rings. The fourth-order valence-corrected chi connectivity index (χ4v) is 3.17. The third-order valence-corrected chi connectivity index (χ3v) is 4.74. The molecule has 0 saturated carbocycles.